The van der Waals surface area contributed by atoms with E-state index in [1.54, 1.807) is 12.1 Å². The van der Waals surface area contributed by atoms with E-state index in [1.807, 2.05) is 32.9 Å². The molecule has 1 aliphatic heterocycles. The minimum atomic E-state index is -4.95. The number of fused-ring (bicyclic) bond motifs is 2. The summed E-state index contributed by atoms with van der Waals surface area (Å²) in [5, 5.41) is 1.27. The predicted molar refractivity (Wildman–Crippen MR) is 118 cm³/mol. The molecule has 166 valence electrons. The molecule has 10 heteroatoms. The van der Waals surface area contributed by atoms with Gasteiger partial charge in [-0.1, -0.05) is 12.6 Å². The molecule has 0 aliphatic carbocycles. The molecule has 7 nitrogen and oxygen atoms in total. The molecule has 33 heavy (non-hydrogen) atoms. The van der Waals surface area contributed by atoms with E-state index < -0.39 is 30.0 Å². The normalized spacial score (nSPS) is 12.9. The number of ether oxygens (including phenoxy) is 1. The van der Waals surface area contributed by atoms with Gasteiger partial charge in [0, 0.05) is 21.9 Å². The van der Waals surface area contributed by atoms with Crippen molar-refractivity contribution >= 4 is 32.4 Å². The van der Waals surface area contributed by atoms with Crippen molar-refractivity contribution in [3.05, 3.63) is 80.7 Å². The molecule has 0 bridgehead atoms. The van der Waals surface area contributed by atoms with Crippen LogP contribution in [0.4, 0.5) is 0 Å². The monoisotopic (exact) mass is 494 g/mol. The van der Waals surface area contributed by atoms with Crippen LogP contribution in [0.25, 0.3) is 12.2 Å². The van der Waals surface area contributed by atoms with Gasteiger partial charge in [0.25, 0.3) is 10.1 Å². The second-order valence-electron chi connectivity index (χ2n) is 7.77. The molecule has 3 aromatic carbocycles. The summed E-state index contributed by atoms with van der Waals surface area (Å²) in [6.45, 7) is 9.63. The van der Waals surface area contributed by atoms with Gasteiger partial charge in [0.15, 0.2) is 0 Å². The first kappa shape index (κ1) is 25.6. The Hall–Kier alpha value is -1.98. The molecule has 0 atom stereocenters. The molecular weight excluding hydrogens is 475 g/mol. The Morgan fingerprint density at radius 1 is 0.848 bits per heavy atom. The average molecular weight is 495 g/mol. The number of rotatable bonds is 3. The number of aryl methyl sites for hydroxylation is 3. The summed E-state index contributed by atoms with van der Waals surface area (Å²) in [4.78, 5) is -1.44. The molecule has 1 aliphatic rings. The van der Waals surface area contributed by atoms with Crippen molar-refractivity contribution in [2.75, 3.05) is 0 Å². The second kappa shape index (κ2) is 8.66. The van der Waals surface area contributed by atoms with Crippen molar-refractivity contribution in [2.24, 2.45) is 0 Å². The van der Waals surface area contributed by atoms with Gasteiger partial charge in [-0.15, -0.1) is 0 Å². The third kappa shape index (κ3) is 4.67. The second-order valence-corrected chi connectivity index (χ2v) is 10.5. The summed E-state index contributed by atoms with van der Waals surface area (Å²) < 4.78 is 75.0. The minimum absolute atomic E-state index is 0. The molecule has 0 aromatic heterocycles. The largest absolute Gasteiger partial charge is 1.00 e. The van der Waals surface area contributed by atoms with Crippen molar-refractivity contribution in [3.63, 3.8) is 0 Å². The Labute approximate surface area is 214 Å². The molecule has 0 spiro atoms. The van der Waals surface area contributed by atoms with Crippen LogP contribution in [0.3, 0.4) is 0 Å². The molecular formula is C23H19NaO7S2. The van der Waals surface area contributed by atoms with Gasteiger partial charge < -0.3 is 9.29 Å². The first-order valence-electron chi connectivity index (χ1n) is 9.48. The number of hydrogen-bond donors (Lipinski definition) is 1. The number of hydrogen-bond acceptors (Lipinski definition) is 6. The third-order valence-corrected chi connectivity index (χ3v) is 7.31. The summed E-state index contributed by atoms with van der Waals surface area (Å²) in [7, 11) is -9.83. The summed E-state index contributed by atoms with van der Waals surface area (Å²) in [5.74, 6) is 0.911. The van der Waals surface area contributed by atoms with Crippen LogP contribution in [0.15, 0.2) is 52.3 Å². The Kier molecular flexibility index (Phi) is 6.73. The fourth-order valence-electron chi connectivity index (χ4n) is 3.71. The van der Waals surface area contributed by atoms with E-state index in [0.717, 1.165) is 28.0 Å². The summed E-state index contributed by atoms with van der Waals surface area (Å²) in [6, 6.07) is 10.1. The fourth-order valence-corrected chi connectivity index (χ4v) is 5.01. The van der Waals surface area contributed by atoms with Crippen molar-refractivity contribution in [3.8, 4) is 11.5 Å². The molecule has 0 radical (unpaired) electrons. The Bertz CT molecular complexity index is 1640. The standard InChI is InChI=1S/C23H20O7S2.Na/c1-12-7-18-20(9-14(12)3)30-21-10-15(4)13(2)8-19(21)23(18)17-6-5-16(31(24,25)26)11-22(17)32(27,28)29;/h5-11H,3H2,1-2,4H3,(H,24,25,26)(H,27,28,29);/q;+1/p-1. The molecule has 0 fully saturated rings. The fraction of sp³-hybridized carbons (Fsp3) is 0.130. The zero-order valence-electron chi connectivity index (χ0n) is 18.5. The van der Waals surface area contributed by atoms with Crippen LogP contribution in [0.1, 0.15) is 27.8 Å². The van der Waals surface area contributed by atoms with Gasteiger partial charge in [0.2, 0.25) is 0 Å². The van der Waals surface area contributed by atoms with Crippen LogP contribution in [-0.4, -0.2) is 25.9 Å². The molecule has 3 aromatic rings. The van der Waals surface area contributed by atoms with Crippen molar-refractivity contribution < 1.29 is 60.2 Å². The molecule has 0 saturated heterocycles. The summed E-state index contributed by atoms with van der Waals surface area (Å²) in [6.07, 6.45) is 0. The zero-order chi connectivity index (χ0) is 23.6. The minimum Gasteiger partial charge on any atom is -0.744 e. The molecule has 1 heterocycles. The van der Waals surface area contributed by atoms with E-state index >= 15 is 0 Å². The van der Waals surface area contributed by atoms with Crippen LogP contribution in [0.2, 0.25) is 0 Å². The quantitative estimate of drug-likeness (QED) is 0.302. The molecule has 0 amide bonds. The maximum Gasteiger partial charge on any atom is 1.00 e. The Morgan fingerprint density at radius 3 is 2.09 bits per heavy atom. The van der Waals surface area contributed by atoms with Crippen LogP contribution in [-0.2, 0) is 20.2 Å². The van der Waals surface area contributed by atoms with Crippen molar-refractivity contribution in [2.45, 2.75) is 30.6 Å². The van der Waals surface area contributed by atoms with Gasteiger partial charge in [-0.3, -0.25) is 4.55 Å². The van der Waals surface area contributed by atoms with Gasteiger partial charge in [0.05, 0.1) is 4.90 Å². The molecule has 4 rings (SSSR count). The Morgan fingerprint density at radius 2 is 1.48 bits per heavy atom. The molecule has 0 saturated carbocycles. The maximum absolute atomic E-state index is 12.2. The van der Waals surface area contributed by atoms with Gasteiger partial charge in [0.1, 0.15) is 26.5 Å². The number of benzene rings is 3. The SMILES string of the molecule is C=c1cc2c(cc1C)=C(c1ccc(S(=O)(=O)[O-])cc1S(=O)(=O)O)c1cc(C)c(C)cc1O2.[Na+]. The average Bonchev–Trinajstić information content (AvgIpc) is 2.67. The topological polar surface area (TPSA) is 121 Å². The summed E-state index contributed by atoms with van der Waals surface area (Å²) >= 11 is 0. The van der Waals surface area contributed by atoms with Crippen LogP contribution < -0.4 is 44.7 Å². The van der Waals surface area contributed by atoms with Gasteiger partial charge in [-0.25, -0.2) is 8.42 Å². The van der Waals surface area contributed by atoms with E-state index in [4.69, 9.17) is 4.74 Å². The van der Waals surface area contributed by atoms with Crippen molar-refractivity contribution in [1.29, 1.82) is 0 Å². The van der Waals surface area contributed by atoms with Gasteiger partial charge in [-0.2, -0.15) is 8.42 Å². The van der Waals surface area contributed by atoms with Crippen LogP contribution in [0.5, 0.6) is 11.5 Å². The van der Waals surface area contributed by atoms with Gasteiger partial charge >= 0.3 is 29.6 Å². The predicted octanol–water partition coefficient (Wildman–Crippen LogP) is -0.470. The van der Waals surface area contributed by atoms with E-state index in [0.29, 0.717) is 33.9 Å². The van der Waals surface area contributed by atoms with Crippen LogP contribution in [0, 0.1) is 20.8 Å². The maximum atomic E-state index is 12.2. The van der Waals surface area contributed by atoms with E-state index in [-0.39, 0.29) is 35.1 Å². The van der Waals surface area contributed by atoms with Gasteiger partial charge in [-0.05, 0) is 79.1 Å². The van der Waals surface area contributed by atoms with Crippen molar-refractivity contribution in [1.82, 2.24) is 0 Å². The van der Waals surface area contributed by atoms with E-state index in [1.165, 1.54) is 6.07 Å². The first-order valence-corrected chi connectivity index (χ1v) is 12.3. The smallest absolute Gasteiger partial charge is 0.744 e. The van der Waals surface area contributed by atoms with E-state index in [2.05, 4.69) is 6.58 Å². The molecule has 1 N–H and O–H groups in total. The first-order chi connectivity index (χ1) is 14.8. The summed E-state index contributed by atoms with van der Waals surface area (Å²) in [5.41, 5.74) is 3.74. The zero-order valence-corrected chi connectivity index (χ0v) is 22.1. The third-order valence-electron chi connectivity index (χ3n) is 5.58. The van der Waals surface area contributed by atoms with E-state index in [9.17, 15) is 25.9 Å². The molecule has 0 unspecified atom stereocenters. The van der Waals surface area contributed by atoms with Crippen LogP contribution >= 0.6 is 0 Å². The Balaban J connectivity index is 0.00000306.